The molecule has 4 aromatic carbocycles. The molecule has 0 amide bonds. The number of benzene rings is 4. The first kappa shape index (κ1) is 21.7. The molecule has 0 aliphatic carbocycles. The van der Waals surface area contributed by atoms with Crippen molar-refractivity contribution in [2.75, 3.05) is 0 Å². The molecule has 0 saturated carbocycles. The van der Waals surface area contributed by atoms with E-state index >= 15 is 0 Å². The number of halogens is 2. The van der Waals surface area contributed by atoms with E-state index in [0.29, 0.717) is 10.0 Å². The van der Waals surface area contributed by atoms with Crippen LogP contribution in [0.2, 0.25) is 10.0 Å². The number of hydrogen-bond acceptors (Lipinski definition) is 1. The molecule has 0 fully saturated rings. The highest BCUT2D eigenvalue weighted by Gasteiger charge is 2.36. The van der Waals surface area contributed by atoms with Gasteiger partial charge in [-0.2, -0.15) is 0 Å². The molecule has 0 saturated heterocycles. The second-order valence-electron chi connectivity index (χ2n) is 7.24. The van der Waals surface area contributed by atoms with Crippen molar-refractivity contribution in [2.45, 2.75) is 5.66 Å². The fraction of sp³-hybridized carbons (Fsp3) is 0.0370. The first-order valence-corrected chi connectivity index (χ1v) is 12.5. The molecule has 0 radical (unpaired) electrons. The molecule has 0 N–H and O–H groups in total. The Hall–Kier alpha value is -2.57. The van der Waals surface area contributed by atoms with Gasteiger partial charge in [0.25, 0.3) is 0 Å². The monoisotopic (exact) mass is 462 g/mol. The van der Waals surface area contributed by atoms with E-state index in [2.05, 4.69) is 0 Å². The van der Waals surface area contributed by atoms with Crippen LogP contribution >= 0.6 is 30.3 Å². The topological polar surface area (TPSA) is 17.1 Å². The lowest BCUT2D eigenvalue weighted by atomic mass is 10.1. The average molecular weight is 463 g/mol. The van der Waals surface area contributed by atoms with Gasteiger partial charge in [-0.1, -0.05) is 120 Å². The normalized spacial score (nSPS) is 12.7. The van der Waals surface area contributed by atoms with Crippen molar-refractivity contribution in [3.8, 4) is 0 Å². The van der Waals surface area contributed by atoms with Crippen LogP contribution in [0, 0.1) is 0 Å². The molecule has 31 heavy (non-hydrogen) atoms. The third-order valence-electron chi connectivity index (χ3n) is 5.22. The minimum atomic E-state index is -3.07. The van der Waals surface area contributed by atoms with Gasteiger partial charge in [-0.15, -0.1) is 0 Å². The van der Waals surface area contributed by atoms with E-state index in [1.165, 1.54) is 0 Å². The molecule has 1 nitrogen and oxygen atoms in total. The van der Waals surface area contributed by atoms with Crippen LogP contribution < -0.4 is 10.6 Å². The van der Waals surface area contributed by atoms with Gasteiger partial charge in [0.15, 0.2) is 7.14 Å². The van der Waals surface area contributed by atoms with Crippen LogP contribution in [-0.2, 0) is 4.57 Å². The molecular formula is C27H21Cl2OP. The molecule has 0 aliphatic rings. The van der Waals surface area contributed by atoms with E-state index in [9.17, 15) is 4.57 Å². The Balaban J connectivity index is 1.91. The fourth-order valence-electron chi connectivity index (χ4n) is 3.65. The van der Waals surface area contributed by atoms with Crippen LogP contribution in [0.1, 0.15) is 16.8 Å². The Morgan fingerprint density at radius 2 is 1.06 bits per heavy atom. The predicted molar refractivity (Wildman–Crippen MR) is 134 cm³/mol. The van der Waals surface area contributed by atoms with Gasteiger partial charge in [-0.05, 0) is 35.4 Å². The molecular weight excluding hydrogens is 442 g/mol. The maximum Gasteiger partial charge on any atom is 0.153 e. The van der Waals surface area contributed by atoms with Gasteiger partial charge in [-0.3, -0.25) is 0 Å². The smallest absolute Gasteiger partial charge is 0.153 e. The summed E-state index contributed by atoms with van der Waals surface area (Å²) in [5.74, 6) is 0. The quantitative estimate of drug-likeness (QED) is 0.267. The SMILES string of the molecule is O=P(c1ccccc1)(c1ccccc1)C(/C=C/c1ccc(Cl)cc1)c1ccc(Cl)cc1. The molecule has 0 heterocycles. The minimum absolute atomic E-state index is 0.356. The zero-order valence-electron chi connectivity index (χ0n) is 16.7. The Morgan fingerprint density at radius 3 is 1.55 bits per heavy atom. The molecule has 154 valence electrons. The summed E-state index contributed by atoms with van der Waals surface area (Å²) in [6, 6.07) is 34.7. The van der Waals surface area contributed by atoms with Crippen molar-refractivity contribution in [2.24, 2.45) is 0 Å². The van der Waals surface area contributed by atoms with Crippen molar-refractivity contribution in [3.63, 3.8) is 0 Å². The first-order valence-electron chi connectivity index (χ1n) is 9.97. The Morgan fingerprint density at radius 1 is 0.613 bits per heavy atom. The Labute approximate surface area is 193 Å². The van der Waals surface area contributed by atoms with E-state index in [4.69, 9.17) is 23.2 Å². The second-order valence-corrected chi connectivity index (χ2v) is 11.0. The highest BCUT2D eigenvalue weighted by atomic mass is 35.5. The van der Waals surface area contributed by atoms with Crippen molar-refractivity contribution >= 4 is 47.0 Å². The van der Waals surface area contributed by atoms with E-state index < -0.39 is 7.14 Å². The van der Waals surface area contributed by atoms with E-state index in [-0.39, 0.29) is 5.66 Å². The van der Waals surface area contributed by atoms with Gasteiger partial charge in [0, 0.05) is 20.7 Å². The maximum absolute atomic E-state index is 15.0. The van der Waals surface area contributed by atoms with Crippen LogP contribution in [0.4, 0.5) is 0 Å². The van der Waals surface area contributed by atoms with Gasteiger partial charge in [0.2, 0.25) is 0 Å². The molecule has 0 spiro atoms. The molecule has 4 rings (SSSR count). The summed E-state index contributed by atoms with van der Waals surface area (Å²) in [4.78, 5) is 0. The third kappa shape index (κ3) is 4.86. The van der Waals surface area contributed by atoms with Crippen LogP contribution in [0.5, 0.6) is 0 Å². The van der Waals surface area contributed by atoms with Gasteiger partial charge in [0.05, 0.1) is 5.66 Å². The molecule has 0 bridgehead atoms. The number of hydrogen-bond donors (Lipinski definition) is 0. The Kier molecular flexibility index (Phi) is 6.78. The maximum atomic E-state index is 15.0. The van der Waals surface area contributed by atoms with Gasteiger partial charge >= 0.3 is 0 Å². The molecule has 4 aromatic rings. The minimum Gasteiger partial charge on any atom is -0.313 e. The van der Waals surface area contributed by atoms with Crippen molar-refractivity contribution in [1.29, 1.82) is 0 Å². The summed E-state index contributed by atoms with van der Waals surface area (Å²) in [5.41, 5.74) is 1.59. The molecule has 4 heteroatoms. The van der Waals surface area contributed by atoms with Crippen LogP contribution in [-0.4, -0.2) is 0 Å². The van der Waals surface area contributed by atoms with Gasteiger partial charge < -0.3 is 4.57 Å². The highest BCUT2D eigenvalue weighted by molar-refractivity contribution is 7.79. The zero-order chi connectivity index (χ0) is 21.7. The number of rotatable bonds is 6. The second kappa shape index (κ2) is 9.71. The molecule has 1 unspecified atom stereocenters. The predicted octanol–water partition coefficient (Wildman–Crippen LogP) is 7.76. The molecule has 0 aliphatic heterocycles. The van der Waals surface area contributed by atoms with Gasteiger partial charge in [-0.25, -0.2) is 0 Å². The fourth-order valence-corrected chi connectivity index (χ4v) is 6.99. The third-order valence-corrected chi connectivity index (χ3v) is 9.11. The van der Waals surface area contributed by atoms with Crippen LogP contribution in [0.25, 0.3) is 6.08 Å². The standard InChI is InChI=1S/C27H21Cl2OP/c28-23-16-11-21(12-17-23)13-20-27(22-14-18-24(29)19-15-22)31(30,25-7-3-1-4-8-25)26-9-5-2-6-10-26/h1-20,27H/b20-13+. The van der Waals surface area contributed by atoms with E-state index in [0.717, 1.165) is 21.7 Å². The first-order chi connectivity index (χ1) is 15.1. The zero-order valence-corrected chi connectivity index (χ0v) is 19.1. The summed E-state index contributed by atoms with van der Waals surface area (Å²) in [7, 11) is -3.07. The lowest BCUT2D eigenvalue weighted by Gasteiger charge is -2.27. The largest absolute Gasteiger partial charge is 0.313 e. The lowest BCUT2D eigenvalue weighted by Crippen LogP contribution is -2.20. The molecule has 0 aromatic heterocycles. The van der Waals surface area contributed by atoms with E-state index in [1.54, 1.807) is 0 Å². The average Bonchev–Trinajstić information content (AvgIpc) is 2.82. The van der Waals surface area contributed by atoms with Crippen LogP contribution in [0.3, 0.4) is 0 Å². The van der Waals surface area contributed by atoms with Gasteiger partial charge in [0.1, 0.15) is 0 Å². The summed E-state index contributed by atoms with van der Waals surface area (Å²) in [5, 5.41) is 2.98. The highest BCUT2D eigenvalue weighted by Crippen LogP contribution is 2.58. The van der Waals surface area contributed by atoms with Crippen molar-refractivity contribution in [1.82, 2.24) is 0 Å². The van der Waals surface area contributed by atoms with Crippen LogP contribution in [0.15, 0.2) is 115 Å². The summed E-state index contributed by atoms with van der Waals surface area (Å²) >= 11 is 12.2. The van der Waals surface area contributed by atoms with E-state index in [1.807, 2.05) is 121 Å². The summed E-state index contributed by atoms with van der Waals surface area (Å²) in [6.45, 7) is 0. The van der Waals surface area contributed by atoms with Crippen molar-refractivity contribution < 1.29 is 4.57 Å². The Bertz CT molecular complexity index is 1160. The lowest BCUT2D eigenvalue weighted by molar-refractivity contribution is 0.583. The number of allylic oxidation sites excluding steroid dienone is 1. The summed E-state index contributed by atoms with van der Waals surface area (Å²) < 4.78 is 15.0. The van der Waals surface area contributed by atoms with Crippen molar-refractivity contribution in [3.05, 3.63) is 136 Å². The summed E-state index contributed by atoms with van der Waals surface area (Å²) in [6.07, 6.45) is 4.04. The molecule has 1 atom stereocenters.